The van der Waals surface area contributed by atoms with Crippen LogP contribution >= 0.6 is 0 Å². The summed E-state index contributed by atoms with van der Waals surface area (Å²) in [4.78, 5) is 11.1. The van der Waals surface area contributed by atoms with E-state index in [1.54, 1.807) is 36.0 Å². The van der Waals surface area contributed by atoms with E-state index in [4.69, 9.17) is 10.00 Å². The van der Waals surface area contributed by atoms with E-state index < -0.39 is 0 Å². The fourth-order valence-corrected chi connectivity index (χ4v) is 1.04. The van der Waals surface area contributed by atoms with Gasteiger partial charge in [0.1, 0.15) is 11.6 Å². The van der Waals surface area contributed by atoms with Crippen molar-refractivity contribution in [2.45, 2.75) is 13.5 Å². The average molecular weight is 191 g/mol. The van der Waals surface area contributed by atoms with Crippen LogP contribution in [0.5, 0.6) is 0 Å². The van der Waals surface area contributed by atoms with Crippen LogP contribution in [-0.2, 0) is 16.1 Å². The van der Waals surface area contributed by atoms with Crippen LogP contribution in [-0.4, -0.2) is 12.6 Å². The highest BCUT2D eigenvalue weighted by Crippen LogP contribution is 1.90. The van der Waals surface area contributed by atoms with Gasteiger partial charge in [-0.15, -0.1) is 0 Å². The van der Waals surface area contributed by atoms with Crippen LogP contribution in [0.2, 0.25) is 0 Å². The summed E-state index contributed by atoms with van der Waals surface area (Å²) in [6, 6.07) is 5.40. The van der Waals surface area contributed by atoms with Crippen LogP contribution in [0, 0.1) is 11.3 Å². The third kappa shape index (κ3) is 2.87. The number of carbonyl (C=O) groups is 1. The summed E-state index contributed by atoms with van der Waals surface area (Å²) < 4.78 is 6.40. The van der Waals surface area contributed by atoms with Gasteiger partial charge in [-0.1, -0.05) is 0 Å². The third-order valence-electron chi connectivity index (χ3n) is 1.60. The van der Waals surface area contributed by atoms with Crippen LogP contribution in [0.15, 0.2) is 24.5 Å². The molecule has 0 radical (unpaired) electrons. The highest BCUT2D eigenvalue weighted by Gasteiger charge is 2.09. The fraction of sp³-hybridized carbons (Fsp3) is 0.300. The standard InChI is InChI=1S/C10H11N2O2/c1-2-14-10(13)8-12-5-3-4-9(6-11)7-12/h3-5,7H,2,8H2,1H3/q+1. The normalized spacial score (nSPS) is 9.14. The van der Waals surface area contributed by atoms with Crippen molar-refractivity contribution in [2.24, 2.45) is 0 Å². The first-order valence-corrected chi connectivity index (χ1v) is 4.31. The van der Waals surface area contributed by atoms with Gasteiger partial charge in [0.15, 0.2) is 12.4 Å². The van der Waals surface area contributed by atoms with Crippen LogP contribution in [0.1, 0.15) is 12.5 Å². The monoisotopic (exact) mass is 191 g/mol. The number of carbonyl (C=O) groups excluding carboxylic acids is 1. The Hall–Kier alpha value is -1.89. The number of nitrogens with zero attached hydrogens (tertiary/aromatic N) is 2. The van der Waals surface area contributed by atoms with E-state index in [0.29, 0.717) is 12.2 Å². The van der Waals surface area contributed by atoms with E-state index in [1.807, 2.05) is 6.07 Å². The van der Waals surface area contributed by atoms with Gasteiger partial charge in [0.05, 0.1) is 6.61 Å². The summed E-state index contributed by atoms with van der Waals surface area (Å²) in [7, 11) is 0. The lowest BCUT2D eigenvalue weighted by molar-refractivity contribution is -0.686. The molecule has 0 unspecified atom stereocenters. The average Bonchev–Trinajstić information content (AvgIpc) is 2.18. The first-order valence-electron chi connectivity index (χ1n) is 4.31. The molecule has 0 bridgehead atoms. The molecule has 0 amide bonds. The minimum absolute atomic E-state index is 0.142. The second kappa shape index (κ2) is 4.97. The van der Waals surface area contributed by atoms with Crippen molar-refractivity contribution >= 4 is 5.97 Å². The number of rotatable bonds is 3. The molecule has 0 aromatic carbocycles. The highest BCUT2D eigenvalue weighted by molar-refractivity contribution is 5.67. The van der Waals surface area contributed by atoms with Crippen LogP contribution in [0.25, 0.3) is 0 Å². The van der Waals surface area contributed by atoms with Crippen LogP contribution in [0.4, 0.5) is 0 Å². The second-order valence-electron chi connectivity index (χ2n) is 2.68. The molecule has 0 N–H and O–H groups in total. The Balaban J connectivity index is 2.68. The molecular weight excluding hydrogens is 180 g/mol. The number of aromatic nitrogens is 1. The lowest BCUT2D eigenvalue weighted by Crippen LogP contribution is -2.38. The van der Waals surface area contributed by atoms with Crippen LogP contribution < -0.4 is 4.57 Å². The number of hydrogen-bond acceptors (Lipinski definition) is 3. The smallest absolute Gasteiger partial charge is 0.372 e. The number of ether oxygens (including phenoxy) is 1. The Bertz CT molecular complexity index is 369. The van der Waals surface area contributed by atoms with E-state index in [-0.39, 0.29) is 12.5 Å². The van der Waals surface area contributed by atoms with Crippen molar-refractivity contribution in [3.63, 3.8) is 0 Å². The Morgan fingerprint density at radius 3 is 3.14 bits per heavy atom. The number of esters is 1. The fourth-order valence-electron chi connectivity index (χ4n) is 1.04. The lowest BCUT2D eigenvalue weighted by atomic mass is 10.3. The minimum Gasteiger partial charge on any atom is -0.461 e. The molecule has 72 valence electrons. The first-order chi connectivity index (χ1) is 6.76. The SMILES string of the molecule is CCOC(=O)C[n+]1cccc(C#N)c1. The van der Waals surface area contributed by atoms with Gasteiger partial charge in [-0.2, -0.15) is 9.83 Å². The maximum atomic E-state index is 11.1. The van der Waals surface area contributed by atoms with Gasteiger partial charge < -0.3 is 4.74 Å². The van der Waals surface area contributed by atoms with Gasteiger partial charge in [0, 0.05) is 6.07 Å². The van der Waals surface area contributed by atoms with Crippen molar-refractivity contribution in [3.05, 3.63) is 30.1 Å². The van der Waals surface area contributed by atoms with Crippen molar-refractivity contribution in [1.29, 1.82) is 5.26 Å². The summed E-state index contributed by atoms with van der Waals surface area (Å²) in [5.41, 5.74) is 0.525. The van der Waals surface area contributed by atoms with Crippen LogP contribution in [0.3, 0.4) is 0 Å². The molecule has 0 atom stereocenters. The van der Waals surface area contributed by atoms with E-state index >= 15 is 0 Å². The van der Waals surface area contributed by atoms with Crippen molar-refractivity contribution < 1.29 is 14.1 Å². The molecule has 1 heterocycles. The molecule has 0 saturated carbocycles. The largest absolute Gasteiger partial charge is 0.461 e. The molecule has 14 heavy (non-hydrogen) atoms. The maximum Gasteiger partial charge on any atom is 0.372 e. The zero-order valence-corrected chi connectivity index (χ0v) is 7.93. The molecule has 1 rings (SSSR count). The van der Waals surface area contributed by atoms with Gasteiger partial charge >= 0.3 is 5.97 Å². The van der Waals surface area contributed by atoms with Gasteiger partial charge in [-0.05, 0) is 13.0 Å². The summed E-state index contributed by atoms with van der Waals surface area (Å²) in [5, 5.41) is 8.62. The molecule has 1 aromatic heterocycles. The molecule has 0 fully saturated rings. The predicted octanol–water partition coefficient (Wildman–Crippen LogP) is 0.409. The van der Waals surface area contributed by atoms with Gasteiger partial charge in [0.25, 0.3) is 0 Å². The first kappa shape index (κ1) is 10.2. The van der Waals surface area contributed by atoms with Gasteiger partial charge in [-0.25, -0.2) is 4.79 Å². The molecule has 0 saturated heterocycles. The van der Waals surface area contributed by atoms with Crippen molar-refractivity contribution in [3.8, 4) is 6.07 Å². The molecular formula is C10H11N2O2+. The number of nitriles is 1. The van der Waals surface area contributed by atoms with E-state index in [2.05, 4.69) is 0 Å². The second-order valence-corrected chi connectivity index (χ2v) is 2.68. The van der Waals surface area contributed by atoms with Crippen molar-refractivity contribution in [1.82, 2.24) is 0 Å². The number of hydrogen-bond donors (Lipinski definition) is 0. The Labute approximate surface area is 82.4 Å². The molecule has 0 aliphatic rings. The zero-order chi connectivity index (χ0) is 10.4. The maximum absolute atomic E-state index is 11.1. The molecule has 0 aliphatic heterocycles. The van der Waals surface area contributed by atoms with Gasteiger partial charge in [-0.3, -0.25) is 0 Å². The third-order valence-corrected chi connectivity index (χ3v) is 1.60. The zero-order valence-electron chi connectivity index (χ0n) is 7.93. The quantitative estimate of drug-likeness (QED) is 0.513. The Kier molecular flexibility index (Phi) is 3.62. The summed E-state index contributed by atoms with van der Waals surface area (Å²) in [5.74, 6) is -0.299. The molecule has 0 spiro atoms. The minimum atomic E-state index is -0.299. The molecule has 4 nitrogen and oxygen atoms in total. The summed E-state index contributed by atoms with van der Waals surface area (Å²) in [6.45, 7) is 2.27. The van der Waals surface area contributed by atoms with E-state index in [9.17, 15) is 4.79 Å². The summed E-state index contributed by atoms with van der Waals surface area (Å²) in [6.07, 6.45) is 3.33. The predicted molar refractivity (Wildman–Crippen MR) is 48.0 cm³/mol. The summed E-state index contributed by atoms with van der Waals surface area (Å²) >= 11 is 0. The van der Waals surface area contributed by atoms with E-state index in [0.717, 1.165) is 0 Å². The molecule has 0 aliphatic carbocycles. The highest BCUT2D eigenvalue weighted by atomic mass is 16.5. The van der Waals surface area contributed by atoms with E-state index in [1.165, 1.54) is 0 Å². The van der Waals surface area contributed by atoms with Crippen molar-refractivity contribution in [2.75, 3.05) is 6.61 Å². The molecule has 1 aromatic rings. The Morgan fingerprint density at radius 1 is 1.71 bits per heavy atom. The van der Waals surface area contributed by atoms with Gasteiger partial charge in [0.2, 0.25) is 6.54 Å². The lowest BCUT2D eigenvalue weighted by Gasteiger charge is -1.97. The topological polar surface area (TPSA) is 54.0 Å². The molecule has 4 heteroatoms. The Morgan fingerprint density at radius 2 is 2.50 bits per heavy atom. The number of pyridine rings is 1.